The van der Waals surface area contributed by atoms with Gasteiger partial charge in [-0.3, -0.25) is 4.68 Å². The van der Waals surface area contributed by atoms with Crippen molar-refractivity contribution in [1.82, 2.24) is 14.8 Å². The van der Waals surface area contributed by atoms with Crippen LogP contribution in [0.2, 0.25) is 0 Å². The van der Waals surface area contributed by atoms with Gasteiger partial charge in [0.05, 0.1) is 18.0 Å². The molecule has 0 bridgehead atoms. The lowest BCUT2D eigenvalue weighted by molar-refractivity contribution is -0.0337. The van der Waals surface area contributed by atoms with Gasteiger partial charge in [0.2, 0.25) is 0 Å². The fourth-order valence-electron chi connectivity index (χ4n) is 2.70. The van der Waals surface area contributed by atoms with E-state index >= 15 is 0 Å². The summed E-state index contributed by atoms with van der Waals surface area (Å²) in [7, 11) is 0. The topological polar surface area (TPSA) is 60.2 Å². The Balaban J connectivity index is 1.61. The zero-order valence-electron chi connectivity index (χ0n) is 12.4. The van der Waals surface area contributed by atoms with Crippen LogP contribution in [0.5, 0.6) is 0 Å². The maximum absolute atomic E-state index is 11.0. The summed E-state index contributed by atoms with van der Waals surface area (Å²) in [6, 6.07) is 0. The minimum atomic E-state index is -1.13. The summed E-state index contributed by atoms with van der Waals surface area (Å²) in [4.78, 5) is 3.26. The van der Waals surface area contributed by atoms with Crippen molar-refractivity contribution in [1.29, 1.82) is 0 Å². The molecule has 1 aromatic heterocycles. The standard InChI is InChI=1S/C15H18Cl3N3O2/c16-13(5-6-13)14(22,9-21-11-19-10-20-21)7-8-23-12-3-1-2-4-15(12,17)18/h1-4,10-12,22H,5-9H2/t12-,14?/m1/s1. The smallest absolute Gasteiger partial charge is 0.166 e. The second-order valence-corrected chi connectivity index (χ2v) is 8.22. The molecule has 1 saturated carbocycles. The number of allylic oxidation sites excluding steroid dienone is 2. The van der Waals surface area contributed by atoms with Gasteiger partial charge in [-0.1, -0.05) is 41.4 Å². The van der Waals surface area contributed by atoms with Crippen LogP contribution in [0.1, 0.15) is 19.3 Å². The van der Waals surface area contributed by atoms with E-state index in [9.17, 15) is 5.11 Å². The molecular weight excluding hydrogens is 361 g/mol. The second kappa shape index (κ2) is 6.37. The highest BCUT2D eigenvalue weighted by atomic mass is 35.5. The summed E-state index contributed by atoms with van der Waals surface area (Å²) in [5, 5.41) is 15.1. The van der Waals surface area contributed by atoms with E-state index in [-0.39, 0.29) is 13.2 Å². The Morgan fingerprint density at radius 2 is 2.09 bits per heavy atom. The molecule has 1 N–H and O–H groups in total. The largest absolute Gasteiger partial charge is 0.386 e. The molecule has 23 heavy (non-hydrogen) atoms. The van der Waals surface area contributed by atoms with Crippen LogP contribution >= 0.6 is 34.8 Å². The van der Waals surface area contributed by atoms with Crippen LogP contribution in [0.4, 0.5) is 0 Å². The quantitative estimate of drug-likeness (QED) is 0.741. The van der Waals surface area contributed by atoms with E-state index in [0.717, 1.165) is 12.8 Å². The number of hydrogen-bond donors (Lipinski definition) is 1. The minimum absolute atomic E-state index is 0.271. The Hall–Kier alpha value is -0.590. The number of alkyl halides is 3. The van der Waals surface area contributed by atoms with Crippen molar-refractivity contribution in [2.75, 3.05) is 6.61 Å². The van der Waals surface area contributed by atoms with E-state index in [0.29, 0.717) is 6.42 Å². The summed E-state index contributed by atoms with van der Waals surface area (Å²) in [5.41, 5.74) is -1.13. The van der Waals surface area contributed by atoms with Crippen molar-refractivity contribution >= 4 is 34.8 Å². The summed E-state index contributed by atoms with van der Waals surface area (Å²) >= 11 is 18.9. The molecule has 1 unspecified atom stereocenters. The number of ether oxygens (including phenoxy) is 1. The first-order chi connectivity index (χ1) is 10.8. The van der Waals surface area contributed by atoms with Crippen LogP contribution in [-0.4, -0.2) is 47.4 Å². The molecule has 0 amide bonds. The highest BCUT2D eigenvalue weighted by Gasteiger charge is 2.57. The van der Waals surface area contributed by atoms with Crippen LogP contribution in [-0.2, 0) is 11.3 Å². The average molecular weight is 379 g/mol. The fourth-order valence-corrected chi connectivity index (χ4v) is 3.36. The van der Waals surface area contributed by atoms with Gasteiger partial charge in [0, 0.05) is 6.42 Å². The van der Waals surface area contributed by atoms with E-state index in [4.69, 9.17) is 39.5 Å². The first-order valence-electron chi connectivity index (χ1n) is 7.44. The zero-order valence-corrected chi connectivity index (χ0v) is 14.7. The van der Waals surface area contributed by atoms with Crippen LogP contribution < -0.4 is 0 Å². The van der Waals surface area contributed by atoms with Gasteiger partial charge in [-0.05, 0) is 18.9 Å². The summed E-state index contributed by atoms with van der Waals surface area (Å²) < 4.78 is 6.25. The van der Waals surface area contributed by atoms with Crippen molar-refractivity contribution in [3.05, 3.63) is 37.0 Å². The molecule has 126 valence electrons. The molecule has 0 aliphatic heterocycles. The van der Waals surface area contributed by atoms with Crippen molar-refractivity contribution in [2.24, 2.45) is 0 Å². The molecule has 8 heteroatoms. The fraction of sp³-hybridized carbons (Fsp3) is 0.600. The van der Waals surface area contributed by atoms with E-state index in [1.807, 2.05) is 6.08 Å². The molecular formula is C15H18Cl3N3O2. The maximum atomic E-state index is 11.0. The lowest BCUT2D eigenvalue weighted by atomic mass is 9.93. The molecule has 5 nitrogen and oxygen atoms in total. The number of hydrogen-bond acceptors (Lipinski definition) is 4. The lowest BCUT2D eigenvalue weighted by Crippen LogP contribution is -2.46. The third kappa shape index (κ3) is 3.74. The van der Waals surface area contributed by atoms with Crippen LogP contribution in [0, 0.1) is 0 Å². The predicted molar refractivity (Wildman–Crippen MR) is 89.9 cm³/mol. The third-order valence-electron chi connectivity index (χ3n) is 4.32. The van der Waals surface area contributed by atoms with E-state index in [1.54, 1.807) is 29.2 Å². The van der Waals surface area contributed by atoms with E-state index < -0.39 is 20.9 Å². The Kier molecular flexibility index (Phi) is 4.78. The summed E-state index contributed by atoms with van der Waals surface area (Å²) in [6.45, 7) is 0.552. The van der Waals surface area contributed by atoms with Crippen LogP contribution in [0.3, 0.4) is 0 Å². The maximum Gasteiger partial charge on any atom is 0.166 e. The number of nitrogens with zero attached hydrogens (tertiary/aromatic N) is 3. The SMILES string of the molecule is OC(CCO[C@@H]1C=CC=CC1(Cl)Cl)(Cn1cncn1)C1(Cl)CC1. The Morgan fingerprint density at radius 1 is 1.30 bits per heavy atom. The highest BCUT2D eigenvalue weighted by molar-refractivity contribution is 6.50. The van der Waals surface area contributed by atoms with Gasteiger partial charge in [0.25, 0.3) is 0 Å². The minimum Gasteiger partial charge on any atom is -0.386 e. The van der Waals surface area contributed by atoms with Gasteiger partial charge < -0.3 is 9.84 Å². The van der Waals surface area contributed by atoms with E-state index in [1.165, 1.54) is 6.33 Å². The third-order valence-corrected chi connectivity index (χ3v) is 5.73. The molecule has 1 heterocycles. The molecule has 3 rings (SSSR count). The molecule has 2 atom stereocenters. The normalized spacial score (nSPS) is 26.9. The molecule has 2 aliphatic carbocycles. The number of rotatable bonds is 7. The number of aliphatic hydroxyl groups is 1. The number of halogens is 3. The molecule has 0 aromatic carbocycles. The molecule has 1 aromatic rings. The van der Waals surface area contributed by atoms with E-state index in [2.05, 4.69) is 10.1 Å². The molecule has 1 fully saturated rings. The van der Waals surface area contributed by atoms with Gasteiger partial charge in [0.1, 0.15) is 24.4 Å². The van der Waals surface area contributed by atoms with Crippen LogP contribution in [0.25, 0.3) is 0 Å². The lowest BCUT2D eigenvalue weighted by Gasteiger charge is -2.34. The average Bonchev–Trinajstić information content (AvgIpc) is 3.05. The first kappa shape index (κ1) is 17.2. The molecule has 2 aliphatic rings. The molecule has 0 spiro atoms. The monoisotopic (exact) mass is 377 g/mol. The first-order valence-corrected chi connectivity index (χ1v) is 8.57. The highest BCUT2D eigenvalue weighted by Crippen LogP contribution is 2.53. The van der Waals surface area contributed by atoms with Gasteiger partial charge in [-0.15, -0.1) is 11.6 Å². The van der Waals surface area contributed by atoms with Crippen molar-refractivity contribution in [3.8, 4) is 0 Å². The zero-order chi connectivity index (χ0) is 16.6. The Morgan fingerprint density at radius 3 is 2.70 bits per heavy atom. The van der Waals surface area contributed by atoms with Gasteiger partial charge in [-0.25, -0.2) is 4.98 Å². The van der Waals surface area contributed by atoms with Gasteiger partial charge >= 0.3 is 0 Å². The Bertz CT molecular complexity index is 599. The Labute approximate surface area is 149 Å². The van der Waals surface area contributed by atoms with Crippen molar-refractivity contribution in [2.45, 2.75) is 46.7 Å². The summed E-state index contributed by atoms with van der Waals surface area (Å²) in [5.74, 6) is 0. The van der Waals surface area contributed by atoms with Crippen molar-refractivity contribution < 1.29 is 9.84 Å². The predicted octanol–water partition coefficient (Wildman–Crippen LogP) is 2.86. The van der Waals surface area contributed by atoms with Crippen LogP contribution in [0.15, 0.2) is 37.0 Å². The second-order valence-electron chi connectivity index (χ2n) is 6.05. The molecule has 0 saturated heterocycles. The van der Waals surface area contributed by atoms with Crippen molar-refractivity contribution in [3.63, 3.8) is 0 Å². The summed E-state index contributed by atoms with van der Waals surface area (Å²) in [6.07, 6.45) is 11.5. The number of aromatic nitrogens is 3. The van der Waals surface area contributed by atoms with Gasteiger partial charge in [0.15, 0.2) is 4.33 Å². The van der Waals surface area contributed by atoms with Gasteiger partial charge in [-0.2, -0.15) is 5.10 Å². The molecule has 0 radical (unpaired) electrons.